The molecule has 0 unspecified atom stereocenters. The fraction of sp³-hybridized carbons (Fsp3) is 0.667. The van der Waals surface area contributed by atoms with Crippen molar-refractivity contribution in [2.75, 3.05) is 30.0 Å². The number of nitrogens with zero attached hydrogens (tertiary/aromatic N) is 3. The molecule has 1 fully saturated rings. The Hall–Kier alpha value is -1.57. The molecule has 1 aliphatic rings. The van der Waals surface area contributed by atoms with E-state index in [0.29, 0.717) is 18.9 Å². The molecule has 110 valence electrons. The first-order valence-corrected chi connectivity index (χ1v) is 7.86. The number of thioether (sulfide) groups is 1. The molecule has 0 amide bonds. The van der Waals surface area contributed by atoms with Crippen molar-refractivity contribution >= 4 is 29.1 Å². The Balaban J connectivity index is 2.18. The van der Waals surface area contributed by atoms with E-state index in [-0.39, 0.29) is 16.3 Å². The number of anilines is 2. The van der Waals surface area contributed by atoms with Crippen LogP contribution in [0.4, 0.5) is 17.3 Å². The van der Waals surface area contributed by atoms with Crippen LogP contribution in [0.15, 0.2) is 6.33 Å². The van der Waals surface area contributed by atoms with Crippen molar-refractivity contribution in [3.63, 3.8) is 0 Å². The van der Waals surface area contributed by atoms with E-state index in [9.17, 15) is 10.1 Å². The summed E-state index contributed by atoms with van der Waals surface area (Å²) in [7, 11) is 0. The predicted octanol–water partition coefficient (Wildman–Crippen LogP) is 2.51. The molecule has 2 rings (SSSR count). The van der Waals surface area contributed by atoms with Gasteiger partial charge in [-0.2, -0.15) is 11.8 Å². The summed E-state index contributed by atoms with van der Waals surface area (Å²) in [6, 6.07) is 0. The van der Waals surface area contributed by atoms with Crippen molar-refractivity contribution in [3.05, 3.63) is 16.4 Å². The molecule has 0 spiro atoms. The zero-order chi connectivity index (χ0) is 14.6. The average Bonchev–Trinajstić information content (AvgIpc) is 2.38. The molecule has 1 heterocycles. The van der Waals surface area contributed by atoms with Crippen molar-refractivity contribution < 1.29 is 4.92 Å². The number of hydrogen-bond donors (Lipinski definition) is 2. The summed E-state index contributed by atoms with van der Waals surface area (Å²) in [6.07, 6.45) is 6.93. The molecule has 1 aromatic rings. The lowest BCUT2D eigenvalue weighted by atomic mass is 9.84. The molecule has 0 bridgehead atoms. The van der Waals surface area contributed by atoms with E-state index in [0.717, 1.165) is 12.8 Å². The van der Waals surface area contributed by atoms with Gasteiger partial charge in [-0.25, -0.2) is 9.97 Å². The molecule has 2 N–H and O–H groups in total. The van der Waals surface area contributed by atoms with E-state index in [1.165, 1.54) is 12.7 Å². The monoisotopic (exact) mass is 297 g/mol. The zero-order valence-electron chi connectivity index (χ0n) is 11.7. The van der Waals surface area contributed by atoms with Gasteiger partial charge >= 0.3 is 5.69 Å². The van der Waals surface area contributed by atoms with Crippen LogP contribution in [0.2, 0.25) is 0 Å². The summed E-state index contributed by atoms with van der Waals surface area (Å²) in [5.74, 6) is 0.558. The summed E-state index contributed by atoms with van der Waals surface area (Å²) >= 11 is 1.82. The van der Waals surface area contributed by atoms with Gasteiger partial charge in [0.2, 0.25) is 11.6 Å². The van der Waals surface area contributed by atoms with E-state index < -0.39 is 4.92 Å². The van der Waals surface area contributed by atoms with Crippen molar-refractivity contribution in [2.24, 2.45) is 0 Å². The Morgan fingerprint density at radius 2 is 2.05 bits per heavy atom. The first-order chi connectivity index (χ1) is 9.62. The lowest BCUT2D eigenvalue weighted by Crippen LogP contribution is -2.40. The average molecular weight is 297 g/mol. The third-order valence-corrected chi connectivity index (χ3v) is 5.04. The highest BCUT2D eigenvalue weighted by Crippen LogP contribution is 2.43. The number of aromatic nitrogens is 2. The van der Waals surface area contributed by atoms with Gasteiger partial charge in [0.25, 0.3) is 0 Å². The molecular weight excluding hydrogens is 278 g/mol. The maximum Gasteiger partial charge on any atom is 0.353 e. The van der Waals surface area contributed by atoms with Crippen LogP contribution in [-0.4, -0.2) is 39.0 Å². The van der Waals surface area contributed by atoms with Gasteiger partial charge in [0.1, 0.15) is 6.33 Å². The molecule has 8 heteroatoms. The van der Waals surface area contributed by atoms with Crippen LogP contribution in [0.5, 0.6) is 0 Å². The van der Waals surface area contributed by atoms with E-state index >= 15 is 0 Å². The normalized spacial score (nSPS) is 16.3. The van der Waals surface area contributed by atoms with Gasteiger partial charge < -0.3 is 10.6 Å². The Kier molecular flexibility index (Phi) is 4.64. The van der Waals surface area contributed by atoms with Gasteiger partial charge in [-0.3, -0.25) is 10.1 Å². The smallest absolute Gasteiger partial charge is 0.353 e. The maximum absolute atomic E-state index is 11.2. The Labute approximate surface area is 122 Å². The minimum atomic E-state index is -0.438. The Morgan fingerprint density at radius 1 is 1.40 bits per heavy atom. The van der Waals surface area contributed by atoms with Gasteiger partial charge in [0.05, 0.1) is 4.92 Å². The first-order valence-electron chi connectivity index (χ1n) is 6.64. The quantitative estimate of drug-likeness (QED) is 0.590. The van der Waals surface area contributed by atoms with E-state index in [1.54, 1.807) is 0 Å². The van der Waals surface area contributed by atoms with Crippen LogP contribution in [-0.2, 0) is 0 Å². The summed E-state index contributed by atoms with van der Waals surface area (Å²) < 4.78 is 0.192. The summed E-state index contributed by atoms with van der Waals surface area (Å²) in [5.41, 5.74) is -0.0788. The first kappa shape index (κ1) is 14.8. The second kappa shape index (κ2) is 6.25. The predicted molar refractivity (Wildman–Crippen MR) is 81.4 cm³/mol. The highest BCUT2D eigenvalue weighted by Gasteiger charge is 2.36. The number of nitro groups is 1. The van der Waals surface area contributed by atoms with Crippen molar-refractivity contribution in [1.29, 1.82) is 0 Å². The molecule has 0 radical (unpaired) electrons. The van der Waals surface area contributed by atoms with Crippen LogP contribution < -0.4 is 10.6 Å². The third-order valence-electron chi connectivity index (χ3n) is 3.62. The van der Waals surface area contributed by atoms with Crippen molar-refractivity contribution in [1.82, 2.24) is 9.97 Å². The van der Waals surface area contributed by atoms with Gasteiger partial charge in [-0.05, 0) is 26.0 Å². The molecular formula is C12H19N5O2S. The van der Waals surface area contributed by atoms with Gasteiger partial charge in [-0.1, -0.05) is 6.42 Å². The maximum atomic E-state index is 11.2. The molecule has 0 atom stereocenters. The second-order valence-electron chi connectivity index (χ2n) is 4.80. The van der Waals surface area contributed by atoms with Crippen LogP contribution >= 0.6 is 11.8 Å². The van der Waals surface area contributed by atoms with Crippen LogP contribution in [0.3, 0.4) is 0 Å². The van der Waals surface area contributed by atoms with Crippen LogP contribution in [0, 0.1) is 10.1 Å². The molecule has 1 aromatic heterocycles. The molecule has 20 heavy (non-hydrogen) atoms. The fourth-order valence-corrected chi connectivity index (χ4v) is 3.16. The minimum Gasteiger partial charge on any atom is -0.364 e. The molecule has 0 saturated heterocycles. The van der Waals surface area contributed by atoms with Crippen molar-refractivity contribution in [2.45, 2.75) is 30.9 Å². The molecule has 1 aliphatic carbocycles. The van der Waals surface area contributed by atoms with Crippen molar-refractivity contribution in [3.8, 4) is 0 Å². The van der Waals surface area contributed by atoms with Gasteiger partial charge in [0, 0.05) is 17.8 Å². The third kappa shape index (κ3) is 2.95. The summed E-state index contributed by atoms with van der Waals surface area (Å²) in [6.45, 7) is 3.14. The number of hydrogen-bond acceptors (Lipinski definition) is 7. The SMILES string of the molecule is CCNc1ncnc(NCC2(SC)CCC2)c1[N+](=O)[O-]. The largest absolute Gasteiger partial charge is 0.364 e. The molecule has 0 aromatic carbocycles. The summed E-state index contributed by atoms with van der Waals surface area (Å²) in [4.78, 5) is 18.8. The van der Waals surface area contributed by atoms with Crippen LogP contribution in [0.1, 0.15) is 26.2 Å². The Morgan fingerprint density at radius 3 is 2.50 bits per heavy atom. The van der Waals surface area contributed by atoms with Gasteiger partial charge in [-0.15, -0.1) is 0 Å². The highest BCUT2D eigenvalue weighted by molar-refractivity contribution is 8.00. The van der Waals surface area contributed by atoms with E-state index in [1.807, 2.05) is 18.7 Å². The minimum absolute atomic E-state index is 0.0788. The fourth-order valence-electron chi connectivity index (χ4n) is 2.25. The topological polar surface area (TPSA) is 93.0 Å². The molecule has 1 saturated carbocycles. The molecule has 0 aliphatic heterocycles. The van der Waals surface area contributed by atoms with Gasteiger partial charge in [0.15, 0.2) is 0 Å². The van der Waals surface area contributed by atoms with Crippen LogP contribution in [0.25, 0.3) is 0 Å². The lowest BCUT2D eigenvalue weighted by molar-refractivity contribution is -0.383. The Bertz CT molecular complexity index is 487. The van der Waals surface area contributed by atoms with E-state index in [2.05, 4.69) is 26.9 Å². The summed E-state index contributed by atoms with van der Waals surface area (Å²) in [5, 5.41) is 17.3. The lowest BCUT2D eigenvalue weighted by Gasteiger charge is -2.40. The zero-order valence-corrected chi connectivity index (χ0v) is 12.5. The highest BCUT2D eigenvalue weighted by atomic mass is 32.2. The second-order valence-corrected chi connectivity index (χ2v) is 6.08. The molecule has 7 nitrogen and oxygen atoms in total. The number of nitrogens with one attached hydrogen (secondary N) is 2. The number of rotatable bonds is 7. The standard InChI is InChI=1S/C12H19N5O2S/c1-3-13-10-9(17(18)19)11(16-8-15-10)14-7-12(20-2)5-4-6-12/h8H,3-7H2,1-2H3,(H2,13,14,15,16). The van der Waals surface area contributed by atoms with E-state index in [4.69, 9.17) is 0 Å².